The highest BCUT2D eigenvalue weighted by Crippen LogP contribution is 2.19. The van der Waals surface area contributed by atoms with Crippen LogP contribution in [0.25, 0.3) is 0 Å². The number of anilines is 1. The van der Waals surface area contributed by atoms with Gasteiger partial charge in [-0.2, -0.15) is 0 Å². The normalized spacial score (nSPS) is 12.8. The first-order chi connectivity index (χ1) is 6.15. The molecule has 0 aliphatic carbocycles. The third-order valence-corrected chi connectivity index (χ3v) is 1.79. The Kier molecular flexibility index (Phi) is 3.22. The average Bonchev–Trinajstić information content (AvgIpc) is 2.09. The number of hydrogen-bond acceptors (Lipinski definition) is 3. The van der Waals surface area contributed by atoms with Gasteiger partial charge in [-0.3, -0.25) is 0 Å². The molecule has 0 spiro atoms. The van der Waals surface area contributed by atoms with E-state index in [-0.39, 0.29) is 11.9 Å². The largest absolute Gasteiger partial charge is 0.398 e. The zero-order chi connectivity index (χ0) is 9.84. The lowest BCUT2D eigenvalue weighted by atomic mass is 10.1. The van der Waals surface area contributed by atoms with Gasteiger partial charge in [-0.15, -0.1) is 0 Å². The van der Waals surface area contributed by atoms with E-state index in [0.29, 0.717) is 17.9 Å². The van der Waals surface area contributed by atoms with Crippen LogP contribution in [0.15, 0.2) is 18.2 Å². The van der Waals surface area contributed by atoms with Crippen molar-refractivity contribution in [2.75, 3.05) is 19.5 Å². The van der Waals surface area contributed by atoms with Crippen LogP contribution in [-0.2, 0) is 4.74 Å². The fraction of sp³-hybridized carbons (Fsp3) is 0.333. The molecule has 13 heavy (non-hydrogen) atoms. The second kappa shape index (κ2) is 4.20. The number of halogens is 1. The van der Waals surface area contributed by atoms with E-state index < -0.39 is 0 Å². The van der Waals surface area contributed by atoms with E-state index in [1.54, 1.807) is 0 Å². The minimum atomic E-state index is -0.374. The number of hydrogen-bond donors (Lipinski definition) is 2. The van der Waals surface area contributed by atoms with Crippen molar-refractivity contribution >= 4 is 5.69 Å². The van der Waals surface area contributed by atoms with Crippen LogP contribution in [0.5, 0.6) is 0 Å². The van der Waals surface area contributed by atoms with E-state index in [1.165, 1.54) is 25.3 Å². The number of rotatable bonds is 3. The van der Waals surface area contributed by atoms with Crippen molar-refractivity contribution in [2.24, 2.45) is 5.73 Å². The van der Waals surface area contributed by atoms with E-state index >= 15 is 0 Å². The molecule has 1 aromatic rings. The molecule has 0 aromatic heterocycles. The predicted molar refractivity (Wildman–Crippen MR) is 49.6 cm³/mol. The van der Waals surface area contributed by atoms with Crippen molar-refractivity contribution in [3.8, 4) is 0 Å². The summed E-state index contributed by atoms with van der Waals surface area (Å²) in [5.41, 5.74) is 12.4. The summed E-state index contributed by atoms with van der Waals surface area (Å²) in [5.74, 6) is -0.337. The molecule has 4 N–H and O–H groups in total. The van der Waals surface area contributed by atoms with Gasteiger partial charge < -0.3 is 16.2 Å². The summed E-state index contributed by atoms with van der Waals surface area (Å²) < 4.78 is 17.6. The number of nitrogen functional groups attached to an aromatic ring is 1. The summed E-state index contributed by atoms with van der Waals surface area (Å²) >= 11 is 0. The third kappa shape index (κ3) is 2.40. The van der Waals surface area contributed by atoms with Gasteiger partial charge in [0.05, 0.1) is 12.6 Å². The average molecular weight is 184 g/mol. The summed E-state index contributed by atoms with van der Waals surface area (Å²) in [7, 11) is 1.54. The van der Waals surface area contributed by atoms with Gasteiger partial charge in [-0.1, -0.05) is 0 Å². The number of ether oxygens (including phenoxy) is 1. The highest BCUT2D eigenvalue weighted by atomic mass is 19.1. The van der Waals surface area contributed by atoms with E-state index in [1.807, 2.05) is 0 Å². The maximum absolute atomic E-state index is 12.8. The predicted octanol–water partition coefficient (Wildman–Crippen LogP) is 1.05. The maximum Gasteiger partial charge on any atom is 0.123 e. The summed E-state index contributed by atoms with van der Waals surface area (Å²) in [5, 5.41) is 0. The van der Waals surface area contributed by atoms with Crippen molar-refractivity contribution in [2.45, 2.75) is 6.04 Å². The Bertz CT molecular complexity index is 291. The summed E-state index contributed by atoms with van der Waals surface area (Å²) in [6.45, 7) is 0.327. The van der Waals surface area contributed by atoms with Gasteiger partial charge in [0, 0.05) is 12.8 Å². The monoisotopic (exact) mass is 184 g/mol. The summed E-state index contributed by atoms with van der Waals surface area (Å²) in [6, 6.07) is 3.76. The zero-order valence-electron chi connectivity index (χ0n) is 7.46. The smallest absolute Gasteiger partial charge is 0.123 e. The molecule has 0 radical (unpaired) electrons. The molecule has 4 heteroatoms. The topological polar surface area (TPSA) is 61.3 Å². The van der Waals surface area contributed by atoms with Crippen molar-refractivity contribution in [3.05, 3.63) is 29.6 Å². The molecule has 1 rings (SSSR count). The van der Waals surface area contributed by atoms with Crippen LogP contribution >= 0.6 is 0 Å². The Morgan fingerprint density at radius 2 is 2.23 bits per heavy atom. The molecule has 0 saturated carbocycles. The van der Waals surface area contributed by atoms with Gasteiger partial charge in [0.15, 0.2) is 0 Å². The SMILES string of the molecule is COCC(N)c1cc(F)ccc1N. The molecule has 0 aliphatic heterocycles. The Balaban J connectivity index is 2.91. The second-order valence-corrected chi connectivity index (χ2v) is 2.84. The molecule has 0 aliphatic rings. The summed E-state index contributed by atoms with van der Waals surface area (Å²) in [6.07, 6.45) is 0. The fourth-order valence-electron chi connectivity index (χ4n) is 1.14. The fourth-order valence-corrected chi connectivity index (χ4v) is 1.14. The van der Waals surface area contributed by atoms with Crippen molar-refractivity contribution < 1.29 is 9.13 Å². The first-order valence-electron chi connectivity index (χ1n) is 3.94. The van der Waals surface area contributed by atoms with Crippen molar-refractivity contribution in [3.63, 3.8) is 0 Å². The van der Waals surface area contributed by atoms with Crippen LogP contribution in [0.2, 0.25) is 0 Å². The van der Waals surface area contributed by atoms with E-state index in [0.717, 1.165) is 0 Å². The summed E-state index contributed by atoms with van der Waals surface area (Å²) in [4.78, 5) is 0. The molecule has 3 nitrogen and oxygen atoms in total. The van der Waals surface area contributed by atoms with Gasteiger partial charge in [0.1, 0.15) is 5.82 Å². The molecular formula is C9H13FN2O. The van der Waals surface area contributed by atoms with Gasteiger partial charge in [0.25, 0.3) is 0 Å². The number of benzene rings is 1. The van der Waals surface area contributed by atoms with Crippen molar-refractivity contribution in [1.82, 2.24) is 0 Å². The van der Waals surface area contributed by atoms with Gasteiger partial charge >= 0.3 is 0 Å². The van der Waals surface area contributed by atoms with E-state index in [4.69, 9.17) is 16.2 Å². The van der Waals surface area contributed by atoms with Crippen LogP contribution in [0.4, 0.5) is 10.1 Å². The maximum atomic E-state index is 12.8. The Hall–Kier alpha value is -1.13. The highest BCUT2D eigenvalue weighted by Gasteiger charge is 2.09. The third-order valence-electron chi connectivity index (χ3n) is 1.79. The Labute approximate surface area is 76.5 Å². The molecule has 0 heterocycles. The number of methoxy groups -OCH3 is 1. The molecular weight excluding hydrogens is 171 g/mol. The van der Waals surface area contributed by atoms with Crippen LogP contribution in [0, 0.1) is 5.82 Å². The Morgan fingerprint density at radius 1 is 1.54 bits per heavy atom. The second-order valence-electron chi connectivity index (χ2n) is 2.84. The number of nitrogens with two attached hydrogens (primary N) is 2. The minimum absolute atomic E-state index is 0.327. The van der Waals surface area contributed by atoms with Gasteiger partial charge in [-0.05, 0) is 23.8 Å². The Morgan fingerprint density at radius 3 is 2.85 bits per heavy atom. The molecule has 1 unspecified atom stereocenters. The molecule has 1 aromatic carbocycles. The zero-order valence-corrected chi connectivity index (χ0v) is 7.46. The molecule has 0 saturated heterocycles. The quantitative estimate of drug-likeness (QED) is 0.690. The minimum Gasteiger partial charge on any atom is -0.398 e. The van der Waals surface area contributed by atoms with Crippen LogP contribution < -0.4 is 11.5 Å². The standard InChI is InChI=1S/C9H13FN2O/c1-13-5-9(12)7-4-6(10)2-3-8(7)11/h2-4,9H,5,11-12H2,1H3. The highest BCUT2D eigenvalue weighted by molar-refractivity contribution is 5.48. The molecule has 0 fully saturated rings. The molecule has 0 bridgehead atoms. The van der Waals surface area contributed by atoms with Gasteiger partial charge in [0.2, 0.25) is 0 Å². The van der Waals surface area contributed by atoms with E-state index in [2.05, 4.69) is 0 Å². The van der Waals surface area contributed by atoms with Crippen LogP contribution in [0.1, 0.15) is 11.6 Å². The molecule has 0 amide bonds. The molecule has 1 atom stereocenters. The lowest BCUT2D eigenvalue weighted by Crippen LogP contribution is -2.17. The van der Waals surface area contributed by atoms with Gasteiger partial charge in [-0.25, -0.2) is 4.39 Å². The van der Waals surface area contributed by atoms with Crippen LogP contribution in [-0.4, -0.2) is 13.7 Å². The lowest BCUT2D eigenvalue weighted by Gasteiger charge is -2.13. The van der Waals surface area contributed by atoms with Crippen molar-refractivity contribution in [1.29, 1.82) is 0 Å². The first kappa shape index (κ1) is 9.95. The lowest BCUT2D eigenvalue weighted by molar-refractivity contribution is 0.181. The van der Waals surface area contributed by atoms with Crippen LogP contribution in [0.3, 0.4) is 0 Å². The van der Waals surface area contributed by atoms with E-state index in [9.17, 15) is 4.39 Å². The first-order valence-corrected chi connectivity index (χ1v) is 3.94. The molecule has 72 valence electrons.